The van der Waals surface area contributed by atoms with Crippen LogP contribution in [-0.2, 0) is 9.31 Å². The van der Waals surface area contributed by atoms with Gasteiger partial charge in [-0.2, -0.15) is 0 Å². The highest BCUT2D eigenvalue weighted by molar-refractivity contribution is 6.62. The van der Waals surface area contributed by atoms with Crippen molar-refractivity contribution < 1.29 is 9.31 Å². The van der Waals surface area contributed by atoms with Crippen LogP contribution in [0.3, 0.4) is 0 Å². The van der Waals surface area contributed by atoms with E-state index in [9.17, 15) is 0 Å². The minimum absolute atomic E-state index is 0.305. The Hall–Kier alpha value is -1.78. The highest BCUT2D eigenvalue weighted by atomic mass is 16.7. The summed E-state index contributed by atoms with van der Waals surface area (Å²) in [5, 5.41) is 0. The lowest BCUT2D eigenvalue weighted by Gasteiger charge is -2.32. The molecule has 0 N–H and O–H groups in total. The molecule has 1 aliphatic rings. The van der Waals surface area contributed by atoms with Crippen molar-refractivity contribution in [3.63, 3.8) is 0 Å². The van der Waals surface area contributed by atoms with Gasteiger partial charge in [-0.1, -0.05) is 36.4 Å². The van der Waals surface area contributed by atoms with E-state index < -0.39 is 0 Å². The summed E-state index contributed by atoms with van der Waals surface area (Å²) in [6.07, 6.45) is 0. The molecule has 1 fully saturated rings. The molecule has 0 atom stereocenters. The third-order valence-corrected chi connectivity index (χ3v) is 5.15. The van der Waals surface area contributed by atoms with Crippen LogP contribution in [0.4, 0.5) is 5.69 Å². The van der Waals surface area contributed by atoms with Crippen molar-refractivity contribution in [3.8, 4) is 11.1 Å². The van der Waals surface area contributed by atoms with Crippen molar-refractivity contribution in [3.05, 3.63) is 48.5 Å². The van der Waals surface area contributed by atoms with Crippen molar-refractivity contribution in [1.82, 2.24) is 0 Å². The molecule has 4 heteroatoms. The molecule has 126 valence electrons. The van der Waals surface area contributed by atoms with E-state index in [-0.39, 0.29) is 18.3 Å². The first kappa shape index (κ1) is 17.1. The summed E-state index contributed by atoms with van der Waals surface area (Å²) >= 11 is 0. The first-order valence-corrected chi connectivity index (χ1v) is 8.43. The van der Waals surface area contributed by atoms with Gasteiger partial charge in [-0.15, -0.1) is 0 Å². The van der Waals surface area contributed by atoms with Crippen molar-refractivity contribution in [1.29, 1.82) is 0 Å². The van der Waals surface area contributed by atoms with E-state index in [0.717, 1.165) is 5.46 Å². The number of nitrogens with zero attached hydrogens (tertiary/aromatic N) is 1. The summed E-state index contributed by atoms with van der Waals surface area (Å²) in [5.74, 6) is 0. The Kier molecular flexibility index (Phi) is 4.22. The van der Waals surface area contributed by atoms with Gasteiger partial charge in [0.1, 0.15) is 0 Å². The Morgan fingerprint density at radius 3 is 1.54 bits per heavy atom. The molecule has 0 spiro atoms. The third kappa shape index (κ3) is 3.08. The molecule has 1 saturated heterocycles. The fraction of sp³-hybridized carbons (Fsp3) is 0.400. The summed E-state index contributed by atoms with van der Waals surface area (Å²) in [4.78, 5) is 2.10. The number of benzene rings is 2. The zero-order valence-electron chi connectivity index (χ0n) is 15.5. The molecule has 24 heavy (non-hydrogen) atoms. The maximum absolute atomic E-state index is 6.11. The second-order valence-corrected chi connectivity index (χ2v) is 7.65. The number of hydrogen-bond acceptors (Lipinski definition) is 3. The van der Waals surface area contributed by atoms with E-state index in [2.05, 4.69) is 81.1 Å². The molecule has 0 aromatic heterocycles. The van der Waals surface area contributed by atoms with Crippen LogP contribution < -0.4 is 10.4 Å². The maximum atomic E-state index is 6.11. The number of anilines is 1. The third-order valence-electron chi connectivity index (χ3n) is 5.15. The molecule has 0 aliphatic carbocycles. The normalized spacial score (nSPS) is 18.7. The molecule has 3 rings (SSSR count). The lowest BCUT2D eigenvalue weighted by molar-refractivity contribution is 0.00578. The van der Waals surface area contributed by atoms with Crippen LogP contribution in [0.5, 0.6) is 0 Å². The van der Waals surface area contributed by atoms with Crippen LogP contribution in [0.25, 0.3) is 11.1 Å². The summed E-state index contributed by atoms with van der Waals surface area (Å²) in [5.41, 5.74) is 4.05. The van der Waals surface area contributed by atoms with Gasteiger partial charge in [-0.25, -0.2) is 0 Å². The summed E-state index contributed by atoms with van der Waals surface area (Å²) in [6, 6.07) is 17.0. The molecule has 1 heterocycles. The van der Waals surface area contributed by atoms with Crippen molar-refractivity contribution in [2.24, 2.45) is 0 Å². The zero-order valence-corrected chi connectivity index (χ0v) is 15.5. The maximum Gasteiger partial charge on any atom is 0.494 e. The van der Waals surface area contributed by atoms with E-state index >= 15 is 0 Å². The minimum atomic E-state index is -0.307. The quantitative estimate of drug-likeness (QED) is 0.804. The van der Waals surface area contributed by atoms with Gasteiger partial charge in [0.15, 0.2) is 0 Å². The van der Waals surface area contributed by atoms with Crippen LogP contribution in [0, 0.1) is 0 Å². The average molecular weight is 323 g/mol. The average Bonchev–Trinajstić information content (AvgIpc) is 2.76. The molecule has 1 aliphatic heterocycles. The molecule has 2 aromatic rings. The fourth-order valence-corrected chi connectivity index (χ4v) is 2.76. The predicted molar refractivity (Wildman–Crippen MR) is 102 cm³/mol. The Balaban J connectivity index is 1.79. The lowest BCUT2D eigenvalue weighted by atomic mass is 9.78. The van der Waals surface area contributed by atoms with Gasteiger partial charge in [0.2, 0.25) is 0 Å². The summed E-state index contributed by atoms with van der Waals surface area (Å²) in [6.45, 7) is 8.31. The van der Waals surface area contributed by atoms with Gasteiger partial charge in [0.05, 0.1) is 11.2 Å². The SMILES string of the molecule is CN(C)c1ccc(-c2ccc(B3OC(C)(C)C(C)(C)O3)cc2)cc1. The molecule has 0 amide bonds. The topological polar surface area (TPSA) is 21.7 Å². The van der Waals surface area contributed by atoms with Crippen LogP contribution in [0.15, 0.2) is 48.5 Å². The van der Waals surface area contributed by atoms with Crippen LogP contribution in [0.1, 0.15) is 27.7 Å². The molecule has 0 unspecified atom stereocenters. The first-order chi connectivity index (χ1) is 11.2. The van der Waals surface area contributed by atoms with Gasteiger partial charge in [0, 0.05) is 19.8 Å². The molecular weight excluding hydrogens is 297 g/mol. The predicted octanol–water partition coefficient (Wildman–Crippen LogP) is 3.72. The van der Waals surface area contributed by atoms with Gasteiger partial charge >= 0.3 is 7.12 Å². The molecule has 3 nitrogen and oxygen atoms in total. The minimum Gasteiger partial charge on any atom is -0.399 e. The van der Waals surface area contributed by atoms with Crippen molar-refractivity contribution in [2.45, 2.75) is 38.9 Å². The Morgan fingerprint density at radius 2 is 1.12 bits per heavy atom. The lowest BCUT2D eigenvalue weighted by Crippen LogP contribution is -2.41. The van der Waals surface area contributed by atoms with Crippen LogP contribution in [-0.4, -0.2) is 32.4 Å². The van der Waals surface area contributed by atoms with E-state index in [1.807, 2.05) is 14.1 Å². The summed E-state index contributed by atoms with van der Waals surface area (Å²) in [7, 11) is 3.79. The van der Waals surface area contributed by atoms with Gasteiger partial charge in [-0.05, 0) is 56.4 Å². The van der Waals surface area contributed by atoms with Gasteiger partial charge in [0.25, 0.3) is 0 Å². The van der Waals surface area contributed by atoms with Crippen molar-refractivity contribution in [2.75, 3.05) is 19.0 Å². The highest BCUT2D eigenvalue weighted by Gasteiger charge is 2.51. The second kappa shape index (κ2) is 5.94. The van der Waals surface area contributed by atoms with Crippen molar-refractivity contribution >= 4 is 18.3 Å². The molecule has 2 aromatic carbocycles. The fourth-order valence-electron chi connectivity index (χ4n) is 2.76. The van der Waals surface area contributed by atoms with Crippen LogP contribution in [0.2, 0.25) is 0 Å². The van der Waals surface area contributed by atoms with E-state index in [1.165, 1.54) is 16.8 Å². The second-order valence-electron chi connectivity index (χ2n) is 7.65. The molecule has 0 saturated carbocycles. The van der Waals surface area contributed by atoms with Gasteiger partial charge < -0.3 is 14.2 Å². The van der Waals surface area contributed by atoms with Crippen LogP contribution >= 0.6 is 0 Å². The molecular formula is C20H26BNO2. The Morgan fingerprint density at radius 1 is 0.708 bits per heavy atom. The number of rotatable bonds is 3. The molecule has 0 radical (unpaired) electrons. The van der Waals surface area contributed by atoms with Gasteiger partial charge in [-0.3, -0.25) is 0 Å². The van der Waals surface area contributed by atoms with E-state index in [1.54, 1.807) is 0 Å². The number of hydrogen-bond donors (Lipinski definition) is 0. The standard InChI is InChI=1S/C20H26BNO2/c1-19(2)20(3,4)24-21(23-19)17-11-7-15(8-12-17)16-9-13-18(14-10-16)22(5)6/h7-14H,1-6H3. The van der Waals surface area contributed by atoms with E-state index in [0.29, 0.717) is 0 Å². The monoisotopic (exact) mass is 323 g/mol. The Bertz CT molecular complexity index is 689. The Labute approximate surface area is 145 Å². The van der Waals surface area contributed by atoms with E-state index in [4.69, 9.17) is 9.31 Å². The smallest absolute Gasteiger partial charge is 0.399 e. The first-order valence-electron chi connectivity index (χ1n) is 8.43. The summed E-state index contributed by atoms with van der Waals surface area (Å²) < 4.78 is 12.2. The highest BCUT2D eigenvalue weighted by Crippen LogP contribution is 2.36. The largest absolute Gasteiger partial charge is 0.494 e. The molecule has 0 bridgehead atoms. The zero-order chi connectivity index (χ0) is 17.5.